The summed E-state index contributed by atoms with van der Waals surface area (Å²) in [5.74, 6) is 0.0565. The summed E-state index contributed by atoms with van der Waals surface area (Å²) in [7, 11) is 0. The van der Waals surface area contributed by atoms with Crippen LogP contribution in [0.4, 0.5) is 0 Å². The Labute approximate surface area is 94.8 Å². The summed E-state index contributed by atoms with van der Waals surface area (Å²) in [6, 6.07) is 5.30. The van der Waals surface area contributed by atoms with Gasteiger partial charge in [0.15, 0.2) is 0 Å². The number of aliphatic hydroxyl groups is 1. The smallest absolute Gasteiger partial charge is 0.342 e. The summed E-state index contributed by atoms with van der Waals surface area (Å²) < 4.78 is 10.2. The number of carbonyl (C=O) groups is 1. The van der Waals surface area contributed by atoms with Crippen molar-refractivity contribution < 1.29 is 19.4 Å². The molecule has 1 aromatic rings. The molecule has 0 saturated carbocycles. The second-order valence-corrected chi connectivity index (χ2v) is 3.24. The van der Waals surface area contributed by atoms with Crippen molar-refractivity contribution in [3.63, 3.8) is 0 Å². The molecule has 0 atom stereocenters. The lowest BCUT2D eigenvalue weighted by molar-refractivity contribution is 0.0519. The first kappa shape index (κ1) is 12.5. The number of esters is 1. The second-order valence-electron chi connectivity index (χ2n) is 3.24. The molecule has 0 fully saturated rings. The van der Waals surface area contributed by atoms with E-state index in [1.807, 2.05) is 13.0 Å². The number of hydrogen-bond donors (Lipinski definition) is 1. The van der Waals surface area contributed by atoms with Crippen molar-refractivity contribution >= 4 is 5.97 Å². The van der Waals surface area contributed by atoms with Crippen molar-refractivity contribution in [3.05, 3.63) is 29.3 Å². The molecule has 88 valence electrons. The molecule has 0 aromatic heterocycles. The van der Waals surface area contributed by atoms with Crippen LogP contribution in [0.1, 0.15) is 22.8 Å². The van der Waals surface area contributed by atoms with Gasteiger partial charge < -0.3 is 14.6 Å². The molecule has 1 rings (SSSR count). The van der Waals surface area contributed by atoms with Crippen molar-refractivity contribution in [2.75, 3.05) is 19.8 Å². The predicted octanol–water partition coefficient (Wildman–Crippen LogP) is 1.54. The van der Waals surface area contributed by atoms with Gasteiger partial charge in [0.25, 0.3) is 0 Å². The molecule has 0 bridgehead atoms. The number of aliphatic hydroxyl groups excluding tert-OH is 1. The topological polar surface area (TPSA) is 55.8 Å². The van der Waals surface area contributed by atoms with Gasteiger partial charge in [-0.2, -0.15) is 0 Å². The van der Waals surface area contributed by atoms with E-state index >= 15 is 0 Å². The normalized spacial score (nSPS) is 9.94. The van der Waals surface area contributed by atoms with Crippen molar-refractivity contribution in [3.8, 4) is 5.75 Å². The standard InChI is InChI=1S/C12H16O4/c1-3-15-12(14)11-9(2)5-4-6-10(11)16-8-7-13/h4-6,13H,3,7-8H2,1-2H3. The number of carbonyl (C=O) groups excluding carboxylic acids is 1. The lowest BCUT2D eigenvalue weighted by Gasteiger charge is -2.11. The molecule has 0 aliphatic rings. The molecule has 1 N–H and O–H groups in total. The van der Waals surface area contributed by atoms with Gasteiger partial charge in [0.2, 0.25) is 0 Å². The molecular weight excluding hydrogens is 208 g/mol. The molecule has 4 nitrogen and oxygen atoms in total. The molecule has 4 heteroatoms. The maximum absolute atomic E-state index is 11.7. The lowest BCUT2D eigenvalue weighted by atomic mass is 10.1. The number of benzene rings is 1. The van der Waals surface area contributed by atoms with Crippen LogP contribution in [0.5, 0.6) is 5.75 Å². The van der Waals surface area contributed by atoms with Gasteiger partial charge >= 0.3 is 5.97 Å². The first-order valence-electron chi connectivity index (χ1n) is 5.21. The fraction of sp³-hybridized carbons (Fsp3) is 0.417. The molecular formula is C12H16O4. The molecule has 0 aliphatic heterocycles. The van der Waals surface area contributed by atoms with Crippen LogP contribution in [0.15, 0.2) is 18.2 Å². The van der Waals surface area contributed by atoms with Crippen LogP contribution in [0.2, 0.25) is 0 Å². The van der Waals surface area contributed by atoms with Gasteiger partial charge in [0.05, 0.1) is 13.2 Å². The van der Waals surface area contributed by atoms with E-state index < -0.39 is 5.97 Å². The zero-order chi connectivity index (χ0) is 12.0. The third kappa shape index (κ3) is 2.97. The van der Waals surface area contributed by atoms with E-state index in [-0.39, 0.29) is 13.2 Å². The van der Waals surface area contributed by atoms with Gasteiger partial charge in [0, 0.05) is 0 Å². The van der Waals surface area contributed by atoms with Gasteiger partial charge in [-0.25, -0.2) is 4.79 Å². The van der Waals surface area contributed by atoms with Crippen molar-refractivity contribution in [2.45, 2.75) is 13.8 Å². The van der Waals surface area contributed by atoms with E-state index in [0.717, 1.165) is 5.56 Å². The van der Waals surface area contributed by atoms with Crippen molar-refractivity contribution in [2.24, 2.45) is 0 Å². The third-order valence-electron chi connectivity index (χ3n) is 2.06. The van der Waals surface area contributed by atoms with E-state index in [1.165, 1.54) is 0 Å². The van der Waals surface area contributed by atoms with E-state index in [2.05, 4.69) is 0 Å². The Morgan fingerprint density at radius 2 is 2.19 bits per heavy atom. The summed E-state index contributed by atoms with van der Waals surface area (Å²) in [6.45, 7) is 3.97. The Bertz CT molecular complexity index is 360. The zero-order valence-corrected chi connectivity index (χ0v) is 9.53. The molecule has 0 heterocycles. The molecule has 1 aromatic carbocycles. The fourth-order valence-corrected chi connectivity index (χ4v) is 1.38. The van der Waals surface area contributed by atoms with Crippen LogP contribution in [-0.2, 0) is 4.74 Å². The van der Waals surface area contributed by atoms with Crippen molar-refractivity contribution in [1.29, 1.82) is 0 Å². The second kappa shape index (κ2) is 6.12. The molecule has 0 radical (unpaired) electrons. The van der Waals surface area contributed by atoms with Gasteiger partial charge in [-0.15, -0.1) is 0 Å². The van der Waals surface area contributed by atoms with E-state index in [9.17, 15) is 4.79 Å². The fourth-order valence-electron chi connectivity index (χ4n) is 1.38. The SMILES string of the molecule is CCOC(=O)c1c(C)cccc1OCCO. The predicted molar refractivity (Wildman–Crippen MR) is 59.7 cm³/mol. The average Bonchev–Trinajstić information content (AvgIpc) is 2.26. The maximum atomic E-state index is 11.7. The van der Waals surface area contributed by atoms with Gasteiger partial charge in [0.1, 0.15) is 17.9 Å². The number of hydrogen-bond acceptors (Lipinski definition) is 4. The highest BCUT2D eigenvalue weighted by Crippen LogP contribution is 2.22. The van der Waals surface area contributed by atoms with E-state index in [0.29, 0.717) is 17.9 Å². The summed E-state index contributed by atoms with van der Waals surface area (Å²) >= 11 is 0. The van der Waals surface area contributed by atoms with E-state index in [4.69, 9.17) is 14.6 Å². The Balaban J connectivity index is 2.98. The maximum Gasteiger partial charge on any atom is 0.342 e. The Kier molecular flexibility index (Phi) is 4.79. The first-order chi connectivity index (χ1) is 7.70. The molecule has 0 aliphatic carbocycles. The average molecular weight is 224 g/mol. The Hall–Kier alpha value is -1.55. The molecule has 16 heavy (non-hydrogen) atoms. The summed E-state index contributed by atoms with van der Waals surface area (Å²) in [5, 5.41) is 8.69. The van der Waals surface area contributed by atoms with Crippen LogP contribution in [0.3, 0.4) is 0 Å². The first-order valence-corrected chi connectivity index (χ1v) is 5.21. The summed E-state index contributed by atoms with van der Waals surface area (Å²) in [6.07, 6.45) is 0. The highest BCUT2D eigenvalue weighted by Gasteiger charge is 2.16. The van der Waals surface area contributed by atoms with Crippen LogP contribution < -0.4 is 4.74 Å². The van der Waals surface area contributed by atoms with Crippen LogP contribution in [0.25, 0.3) is 0 Å². The number of aryl methyl sites for hydroxylation is 1. The third-order valence-corrected chi connectivity index (χ3v) is 2.06. The summed E-state index contributed by atoms with van der Waals surface area (Å²) in [4.78, 5) is 11.7. The molecule has 0 amide bonds. The van der Waals surface area contributed by atoms with Crippen molar-refractivity contribution in [1.82, 2.24) is 0 Å². The highest BCUT2D eigenvalue weighted by molar-refractivity contribution is 5.94. The van der Waals surface area contributed by atoms with Gasteiger partial charge in [-0.3, -0.25) is 0 Å². The Morgan fingerprint density at radius 3 is 2.81 bits per heavy atom. The van der Waals surface area contributed by atoms with E-state index in [1.54, 1.807) is 19.1 Å². The minimum atomic E-state index is -0.395. The Morgan fingerprint density at radius 1 is 1.44 bits per heavy atom. The quantitative estimate of drug-likeness (QED) is 0.771. The van der Waals surface area contributed by atoms with Gasteiger partial charge in [-0.05, 0) is 25.5 Å². The molecule has 0 spiro atoms. The summed E-state index contributed by atoms with van der Waals surface area (Å²) in [5.41, 5.74) is 1.23. The van der Waals surface area contributed by atoms with Gasteiger partial charge in [-0.1, -0.05) is 12.1 Å². The van der Waals surface area contributed by atoms with Crippen LogP contribution >= 0.6 is 0 Å². The molecule has 0 unspecified atom stereocenters. The zero-order valence-electron chi connectivity index (χ0n) is 9.53. The molecule has 0 saturated heterocycles. The van der Waals surface area contributed by atoms with Crippen LogP contribution in [0, 0.1) is 6.92 Å². The van der Waals surface area contributed by atoms with Crippen LogP contribution in [-0.4, -0.2) is 30.9 Å². The number of rotatable bonds is 5. The number of ether oxygens (including phenoxy) is 2. The lowest BCUT2D eigenvalue weighted by Crippen LogP contribution is -2.11. The monoisotopic (exact) mass is 224 g/mol. The highest BCUT2D eigenvalue weighted by atomic mass is 16.5. The minimum Gasteiger partial charge on any atom is -0.490 e. The minimum absolute atomic E-state index is 0.0871. The largest absolute Gasteiger partial charge is 0.490 e.